The molecule has 1 aliphatic rings. The molecule has 3 rings (SSSR count). The molecule has 0 bridgehead atoms. The Morgan fingerprint density at radius 1 is 1.03 bits per heavy atom. The van der Waals surface area contributed by atoms with E-state index in [0.29, 0.717) is 18.1 Å². The van der Waals surface area contributed by atoms with Crippen molar-refractivity contribution in [1.82, 2.24) is 9.73 Å². The summed E-state index contributed by atoms with van der Waals surface area (Å²) >= 11 is 5.74. The van der Waals surface area contributed by atoms with Crippen molar-refractivity contribution in [3.63, 3.8) is 0 Å². The number of nitrogens with one attached hydrogen (secondary N) is 2. The van der Waals surface area contributed by atoms with E-state index in [-0.39, 0.29) is 15.5 Å². The Hall–Kier alpha value is -2.74. The van der Waals surface area contributed by atoms with Crippen LogP contribution in [0.5, 0.6) is 0 Å². The maximum Gasteiger partial charge on any atom is 0.295 e. The molecule has 1 saturated heterocycles. The van der Waals surface area contributed by atoms with Gasteiger partial charge in [-0.25, -0.2) is 16.8 Å². The second kappa shape index (κ2) is 10.0. The minimum atomic E-state index is -3.86. The number of rotatable bonds is 9. The van der Waals surface area contributed by atoms with E-state index in [9.17, 15) is 31.7 Å². The molecule has 2 N–H and O–H groups in total. The van der Waals surface area contributed by atoms with Gasteiger partial charge in [0.2, 0.25) is 15.9 Å². The van der Waals surface area contributed by atoms with Crippen molar-refractivity contribution in [2.45, 2.75) is 29.1 Å². The third-order valence-electron chi connectivity index (χ3n) is 4.98. The summed E-state index contributed by atoms with van der Waals surface area (Å²) in [6.45, 7) is 0.705. The largest absolute Gasteiger partial charge is 0.295 e. The molecule has 14 heteroatoms. The van der Waals surface area contributed by atoms with Crippen molar-refractivity contribution in [1.29, 1.82) is 0 Å². The fourth-order valence-corrected chi connectivity index (χ4v) is 6.10. The second-order valence-corrected chi connectivity index (χ2v) is 11.7. The number of nitro groups is 1. The summed E-state index contributed by atoms with van der Waals surface area (Å²) < 4.78 is 51.2. The van der Waals surface area contributed by atoms with Crippen LogP contribution in [0.4, 0.5) is 11.4 Å². The van der Waals surface area contributed by atoms with E-state index in [1.54, 1.807) is 0 Å². The Morgan fingerprint density at radius 3 is 2.24 bits per heavy atom. The van der Waals surface area contributed by atoms with Crippen molar-refractivity contribution in [2.75, 3.05) is 24.3 Å². The number of carbonyl (C=O) groups is 1. The van der Waals surface area contributed by atoms with Crippen molar-refractivity contribution in [3.8, 4) is 0 Å². The van der Waals surface area contributed by atoms with Crippen LogP contribution in [0, 0.1) is 10.1 Å². The number of halogens is 1. The third kappa shape index (κ3) is 5.99. The SMILES string of the molecule is O=C(CCS(=O)(=O)c1ccc(Cl)cc1)NNc1ccc(S(=O)(=O)N2CCCC2)cc1[N+](=O)[O-]. The fraction of sp³-hybridized carbons (Fsp3) is 0.316. The molecule has 0 unspecified atom stereocenters. The lowest BCUT2D eigenvalue weighted by Gasteiger charge is -2.16. The second-order valence-electron chi connectivity index (χ2n) is 7.24. The van der Waals surface area contributed by atoms with Gasteiger partial charge in [0.25, 0.3) is 5.69 Å². The normalized spacial score (nSPS) is 14.7. The monoisotopic (exact) mass is 516 g/mol. The first kappa shape index (κ1) is 24.9. The number of carbonyl (C=O) groups excluding carboxylic acids is 1. The highest BCUT2D eigenvalue weighted by Gasteiger charge is 2.29. The summed E-state index contributed by atoms with van der Waals surface area (Å²) in [5.74, 6) is -1.22. The molecule has 0 radical (unpaired) electrons. The standard InChI is InChI=1S/C19H21ClN4O7S2/c20-14-3-5-15(6-4-14)32(28,29)12-9-19(25)22-21-17-8-7-16(13-18(17)24(26)27)33(30,31)23-10-1-2-11-23/h3-8,13,21H,1-2,9-12H2,(H,22,25). The number of hydrogen-bond acceptors (Lipinski definition) is 8. The molecule has 1 aliphatic heterocycles. The van der Waals surface area contributed by atoms with Crippen LogP contribution in [0.3, 0.4) is 0 Å². The molecule has 0 aromatic heterocycles. The minimum Gasteiger partial charge on any atom is -0.292 e. The van der Waals surface area contributed by atoms with E-state index < -0.39 is 48.6 Å². The zero-order chi connectivity index (χ0) is 24.2. The van der Waals surface area contributed by atoms with Crippen molar-refractivity contribution < 1.29 is 26.6 Å². The number of sulfonamides is 1. The van der Waals surface area contributed by atoms with Gasteiger partial charge in [-0.15, -0.1) is 0 Å². The molecule has 1 amide bonds. The molecule has 0 saturated carbocycles. The summed E-state index contributed by atoms with van der Waals surface area (Å²) in [5.41, 5.74) is 3.87. The highest BCUT2D eigenvalue weighted by molar-refractivity contribution is 7.91. The predicted octanol–water partition coefficient (Wildman–Crippen LogP) is 2.34. The molecule has 1 heterocycles. The first-order chi connectivity index (χ1) is 15.5. The highest BCUT2D eigenvalue weighted by Crippen LogP contribution is 2.29. The van der Waals surface area contributed by atoms with Gasteiger partial charge in [0.05, 0.1) is 20.5 Å². The molecule has 11 nitrogen and oxygen atoms in total. The molecule has 0 spiro atoms. The first-order valence-corrected chi connectivity index (χ1v) is 13.3. The van der Waals surface area contributed by atoms with Gasteiger partial charge < -0.3 is 0 Å². The number of anilines is 1. The van der Waals surface area contributed by atoms with Gasteiger partial charge in [-0.1, -0.05) is 11.6 Å². The Bertz CT molecular complexity index is 1260. The zero-order valence-corrected chi connectivity index (χ0v) is 19.6. The Morgan fingerprint density at radius 2 is 1.64 bits per heavy atom. The van der Waals surface area contributed by atoms with Crippen LogP contribution in [0.25, 0.3) is 0 Å². The van der Waals surface area contributed by atoms with Gasteiger partial charge in [-0.05, 0) is 49.2 Å². The Labute approximate surface area is 195 Å². The minimum absolute atomic E-state index is 0.0121. The molecule has 0 atom stereocenters. The van der Waals surface area contributed by atoms with Crippen molar-refractivity contribution >= 4 is 48.7 Å². The topological polar surface area (TPSA) is 156 Å². The van der Waals surface area contributed by atoms with E-state index in [0.717, 1.165) is 18.9 Å². The van der Waals surface area contributed by atoms with Gasteiger partial charge in [-0.2, -0.15) is 4.31 Å². The number of hydrazine groups is 1. The van der Waals surface area contributed by atoms with E-state index in [1.807, 2.05) is 0 Å². The molecular formula is C19H21ClN4O7S2. The maximum atomic E-state index is 12.7. The van der Waals surface area contributed by atoms with Crippen LogP contribution in [0.1, 0.15) is 19.3 Å². The smallest absolute Gasteiger partial charge is 0.292 e. The lowest BCUT2D eigenvalue weighted by molar-refractivity contribution is -0.384. The zero-order valence-electron chi connectivity index (χ0n) is 17.2. The average molecular weight is 517 g/mol. The molecule has 33 heavy (non-hydrogen) atoms. The fourth-order valence-electron chi connectivity index (χ4n) is 3.19. The Balaban J connectivity index is 1.66. The van der Waals surface area contributed by atoms with Gasteiger partial charge in [0.15, 0.2) is 9.84 Å². The number of nitro benzene ring substituents is 1. The summed E-state index contributed by atoms with van der Waals surface area (Å²) in [7, 11) is -7.59. The van der Waals surface area contributed by atoms with E-state index >= 15 is 0 Å². The van der Waals surface area contributed by atoms with E-state index in [1.165, 1.54) is 40.7 Å². The van der Waals surface area contributed by atoms with E-state index in [2.05, 4.69) is 10.9 Å². The average Bonchev–Trinajstić information content (AvgIpc) is 3.32. The maximum absolute atomic E-state index is 12.7. The van der Waals surface area contributed by atoms with Crippen LogP contribution in [-0.4, -0.2) is 50.8 Å². The summed E-state index contributed by atoms with van der Waals surface area (Å²) in [6.07, 6.45) is 1.04. The number of sulfone groups is 1. The molecule has 2 aromatic rings. The number of benzene rings is 2. The summed E-state index contributed by atoms with van der Waals surface area (Å²) in [4.78, 5) is 22.6. The van der Waals surface area contributed by atoms with Gasteiger partial charge in [0, 0.05) is 30.6 Å². The Kier molecular flexibility index (Phi) is 7.57. The van der Waals surface area contributed by atoms with Crippen LogP contribution >= 0.6 is 11.6 Å². The highest BCUT2D eigenvalue weighted by atomic mass is 35.5. The van der Waals surface area contributed by atoms with Crippen molar-refractivity contribution in [2.24, 2.45) is 0 Å². The van der Waals surface area contributed by atoms with Gasteiger partial charge in [0.1, 0.15) is 5.69 Å². The lowest BCUT2D eigenvalue weighted by atomic mass is 10.3. The quantitative estimate of drug-likeness (QED) is 0.380. The third-order valence-corrected chi connectivity index (χ3v) is 8.85. The molecular weight excluding hydrogens is 496 g/mol. The summed E-state index contributed by atoms with van der Waals surface area (Å²) in [5, 5.41) is 11.8. The van der Waals surface area contributed by atoms with Crippen LogP contribution in [0.15, 0.2) is 52.3 Å². The molecule has 0 aliphatic carbocycles. The molecule has 178 valence electrons. The van der Waals surface area contributed by atoms with E-state index in [4.69, 9.17) is 11.6 Å². The van der Waals surface area contributed by atoms with Gasteiger partial charge in [-0.3, -0.25) is 25.8 Å². The molecule has 2 aromatic carbocycles. The van der Waals surface area contributed by atoms with Crippen molar-refractivity contribution in [3.05, 3.63) is 57.6 Å². The number of hydrogen-bond donors (Lipinski definition) is 2. The van der Waals surface area contributed by atoms with Crippen LogP contribution < -0.4 is 10.9 Å². The first-order valence-electron chi connectivity index (χ1n) is 9.82. The lowest BCUT2D eigenvalue weighted by Crippen LogP contribution is -2.31. The van der Waals surface area contributed by atoms with Crippen LogP contribution in [0.2, 0.25) is 5.02 Å². The number of amides is 1. The number of nitrogens with zero attached hydrogens (tertiary/aromatic N) is 2. The van der Waals surface area contributed by atoms with Crippen LogP contribution in [-0.2, 0) is 24.7 Å². The van der Waals surface area contributed by atoms with Gasteiger partial charge >= 0.3 is 0 Å². The summed E-state index contributed by atoms with van der Waals surface area (Å²) in [6, 6.07) is 8.80. The predicted molar refractivity (Wildman–Crippen MR) is 121 cm³/mol. The molecule has 1 fully saturated rings.